The standard InChI is InChI=1S/C19H19F3N2O4S/c1-28-16-6-5-13-7-8-24(12-14(13)9-16)18(25)11-23-29(26,27)17-4-2-3-15(10-17)19(20,21)22/h2-6,9-10,23H,7-8,11-12H2,1H3. The number of nitrogens with zero attached hydrogens (tertiary/aromatic N) is 1. The van der Waals surface area contributed by atoms with Crippen molar-refractivity contribution in [3.63, 3.8) is 0 Å². The highest BCUT2D eigenvalue weighted by Crippen LogP contribution is 2.30. The number of ether oxygens (including phenoxy) is 1. The van der Waals surface area contributed by atoms with Gasteiger partial charge in [0.05, 0.1) is 24.1 Å². The minimum absolute atomic E-state index is 0.302. The molecule has 1 aliphatic heterocycles. The van der Waals surface area contributed by atoms with Crippen LogP contribution in [0.5, 0.6) is 5.75 Å². The molecule has 2 aromatic rings. The Bertz CT molecular complexity index is 1020. The summed E-state index contributed by atoms with van der Waals surface area (Å²) in [5, 5.41) is 0. The third-order valence-electron chi connectivity index (χ3n) is 4.66. The summed E-state index contributed by atoms with van der Waals surface area (Å²) in [4.78, 5) is 13.4. The molecule has 10 heteroatoms. The van der Waals surface area contributed by atoms with E-state index in [0.29, 0.717) is 31.3 Å². The average molecular weight is 428 g/mol. The number of alkyl halides is 3. The van der Waals surface area contributed by atoms with Crippen LogP contribution >= 0.6 is 0 Å². The zero-order valence-electron chi connectivity index (χ0n) is 15.5. The van der Waals surface area contributed by atoms with E-state index in [1.807, 2.05) is 18.2 Å². The van der Waals surface area contributed by atoms with Gasteiger partial charge < -0.3 is 9.64 Å². The van der Waals surface area contributed by atoms with E-state index < -0.39 is 39.1 Å². The van der Waals surface area contributed by atoms with Crippen molar-refractivity contribution in [2.75, 3.05) is 20.2 Å². The summed E-state index contributed by atoms with van der Waals surface area (Å²) in [6.07, 6.45) is -4.05. The molecule has 2 aromatic carbocycles. The lowest BCUT2D eigenvalue weighted by molar-refractivity contribution is -0.137. The lowest BCUT2D eigenvalue weighted by Crippen LogP contribution is -2.42. The number of sulfonamides is 1. The van der Waals surface area contributed by atoms with Crippen LogP contribution in [-0.2, 0) is 34.0 Å². The number of carbonyl (C=O) groups is 1. The molecule has 1 aliphatic rings. The summed E-state index contributed by atoms with van der Waals surface area (Å²) in [7, 11) is -2.73. The van der Waals surface area contributed by atoms with E-state index in [-0.39, 0.29) is 0 Å². The van der Waals surface area contributed by atoms with Gasteiger partial charge in [-0.15, -0.1) is 0 Å². The Kier molecular flexibility index (Phi) is 5.85. The SMILES string of the molecule is COc1ccc2c(c1)CN(C(=O)CNS(=O)(=O)c1cccc(C(F)(F)F)c1)CC2. The maximum atomic E-state index is 12.8. The van der Waals surface area contributed by atoms with Crippen LogP contribution in [0.1, 0.15) is 16.7 Å². The smallest absolute Gasteiger partial charge is 0.416 e. The predicted molar refractivity (Wildman–Crippen MR) is 98.7 cm³/mol. The first-order chi connectivity index (χ1) is 13.6. The number of fused-ring (bicyclic) bond motifs is 1. The van der Waals surface area contributed by atoms with E-state index in [2.05, 4.69) is 4.72 Å². The third kappa shape index (κ3) is 4.88. The number of amides is 1. The number of hydrogen-bond donors (Lipinski definition) is 1. The first-order valence-electron chi connectivity index (χ1n) is 8.70. The Hall–Kier alpha value is -2.59. The first-order valence-corrected chi connectivity index (χ1v) is 10.2. The van der Waals surface area contributed by atoms with Crippen molar-refractivity contribution in [2.24, 2.45) is 0 Å². The molecular formula is C19H19F3N2O4S. The van der Waals surface area contributed by atoms with E-state index in [0.717, 1.165) is 29.3 Å². The molecule has 0 aromatic heterocycles. The van der Waals surface area contributed by atoms with Gasteiger partial charge in [-0.2, -0.15) is 13.2 Å². The summed E-state index contributed by atoms with van der Waals surface area (Å²) in [5.74, 6) is 0.192. The van der Waals surface area contributed by atoms with Crippen molar-refractivity contribution >= 4 is 15.9 Å². The predicted octanol–water partition coefficient (Wildman–Crippen LogP) is 2.58. The number of carbonyl (C=O) groups excluding carboxylic acids is 1. The van der Waals surface area contributed by atoms with Gasteiger partial charge in [0.25, 0.3) is 0 Å². The molecule has 1 heterocycles. The van der Waals surface area contributed by atoms with Crippen LogP contribution in [0.3, 0.4) is 0 Å². The number of nitrogens with one attached hydrogen (secondary N) is 1. The van der Waals surface area contributed by atoms with Crippen LogP contribution in [0, 0.1) is 0 Å². The van der Waals surface area contributed by atoms with Crippen molar-refractivity contribution in [2.45, 2.75) is 24.0 Å². The number of methoxy groups -OCH3 is 1. The number of hydrogen-bond acceptors (Lipinski definition) is 4. The molecule has 0 aliphatic carbocycles. The lowest BCUT2D eigenvalue weighted by Gasteiger charge is -2.29. The molecule has 0 saturated carbocycles. The van der Waals surface area contributed by atoms with Gasteiger partial charge in [0, 0.05) is 13.1 Å². The minimum atomic E-state index is -4.66. The fourth-order valence-electron chi connectivity index (χ4n) is 3.06. The summed E-state index contributed by atoms with van der Waals surface area (Å²) in [6, 6.07) is 8.95. The quantitative estimate of drug-likeness (QED) is 0.794. The summed E-state index contributed by atoms with van der Waals surface area (Å²) >= 11 is 0. The summed E-state index contributed by atoms with van der Waals surface area (Å²) in [5.41, 5.74) is 0.914. The zero-order chi connectivity index (χ0) is 21.2. The first kappa shape index (κ1) is 21.1. The topological polar surface area (TPSA) is 75.7 Å². The normalized spacial score (nSPS) is 14.4. The van der Waals surface area contributed by atoms with Gasteiger partial charge in [-0.05, 0) is 47.9 Å². The summed E-state index contributed by atoms with van der Waals surface area (Å²) in [6.45, 7) is 0.179. The van der Waals surface area contributed by atoms with Crippen molar-refractivity contribution in [3.05, 3.63) is 59.2 Å². The Labute approximate surface area is 166 Å². The molecule has 156 valence electrons. The highest BCUT2D eigenvalue weighted by Gasteiger charge is 2.32. The van der Waals surface area contributed by atoms with Crippen molar-refractivity contribution in [1.29, 1.82) is 0 Å². The fraction of sp³-hybridized carbons (Fsp3) is 0.316. The Morgan fingerprint density at radius 2 is 1.93 bits per heavy atom. The molecule has 1 amide bonds. The summed E-state index contributed by atoms with van der Waals surface area (Å²) < 4.78 is 70.3. The Balaban J connectivity index is 1.67. The monoisotopic (exact) mass is 428 g/mol. The van der Waals surface area contributed by atoms with Crippen LogP contribution < -0.4 is 9.46 Å². The number of benzene rings is 2. The number of rotatable bonds is 5. The van der Waals surface area contributed by atoms with Crippen molar-refractivity contribution in [3.8, 4) is 5.75 Å². The molecule has 0 atom stereocenters. The molecule has 29 heavy (non-hydrogen) atoms. The maximum Gasteiger partial charge on any atom is 0.416 e. The second-order valence-electron chi connectivity index (χ2n) is 6.55. The van der Waals surface area contributed by atoms with Gasteiger partial charge in [0.15, 0.2) is 0 Å². The third-order valence-corrected chi connectivity index (χ3v) is 6.06. The van der Waals surface area contributed by atoms with E-state index in [4.69, 9.17) is 4.74 Å². The molecule has 0 saturated heterocycles. The Morgan fingerprint density at radius 1 is 1.17 bits per heavy atom. The van der Waals surface area contributed by atoms with Gasteiger partial charge in [-0.3, -0.25) is 4.79 Å². The van der Waals surface area contributed by atoms with Crippen LogP contribution in [0.25, 0.3) is 0 Å². The molecule has 0 radical (unpaired) electrons. The Morgan fingerprint density at radius 3 is 2.62 bits per heavy atom. The maximum absolute atomic E-state index is 12.8. The number of halogens is 3. The van der Waals surface area contributed by atoms with E-state index >= 15 is 0 Å². The second-order valence-corrected chi connectivity index (χ2v) is 8.32. The average Bonchev–Trinajstić information content (AvgIpc) is 2.70. The molecule has 0 bridgehead atoms. The van der Waals surface area contributed by atoms with E-state index in [1.54, 1.807) is 0 Å². The van der Waals surface area contributed by atoms with Gasteiger partial charge in [0.2, 0.25) is 15.9 Å². The van der Waals surface area contributed by atoms with Gasteiger partial charge in [-0.1, -0.05) is 12.1 Å². The highest BCUT2D eigenvalue weighted by molar-refractivity contribution is 7.89. The van der Waals surface area contributed by atoms with E-state index in [1.165, 1.54) is 12.0 Å². The molecule has 1 N–H and O–H groups in total. The second kappa shape index (κ2) is 8.03. The lowest BCUT2D eigenvalue weighted by atomic mass is 9.99. The van der Waals surface area contributed by atoms with Crippen LogP contribution in [0.15, 0.2) is 47.4 Å². The van der Waals surface area contributed by atoms with Crippen LogP contribution in [0.2, 0.25) is 0 Å². The molecule has 0 fully saturated rings. The molecule has 0 unspecified atom stereocenters. The van der Waals surface area contributed by atoms with Gasteiger partial charge >= 0.3 is 6.18 Å². The van der Waals surface area contributed by atoms with Gasteiger partial charge in [0.1, 0.15) is 5.75 Å². The van der Waals surface area contributed by atoms with Crippen LogP contribution in [-0.4, -0.2) is 39.4 Å². The van der Waals surface area contributed by atoms with Gasteiger partial charge in [-0.25, -0.2) is 13.1 Å². The van der Waals surface area contributed by atoms with Crippen molar-refractivity contribution in [1.82, 2.24) is 9.62 Å². The van der Waals surface area contributed by atoms with Crippen LogP contribution in [0.4, 0.5) is 13.2 Å². The molecule has 0 spiro atoms. The molecule has 6 nitrogen and oxygen atoms in total. The largest absolute Gasteiger partial charge is 0.497 e. The van der Waals surface area contributed by atoms with E-state index in [9.17, 15) is 26.4 Å². The molecule has 3 rings (SSSR count). The zero-order valence-corrected chi connectivity index (χ0v) is 16.3. The van der Waals surface area contributed by atoms with Crippen molar-refractivity contribution < 1.29 is 31.1 Å². The minimum Gasteiger partial charge on any atom is -0.497 e. The highest BCUT2D eigenvalue weighted by atomic mass is 32.2. The molecular weight excluding hydrogens is 409 g/mol. The fourth-order valence-corrected chi connectivity index (χ4v) is 4.08.